The van der Waals surface area contributed by atoms with Crippen molar-refractivity contribution in [2.75, 3.05) is 0 Å². The minimum Gasteiger partial charge on any atom is -0.439 e. The van der Waals surface area contributed by atoms with E-state index in [9.17, 15) is 0 Å². The summed E-state index contributed by atoms with van der Waals surface area (Å²) >= 11 is 6.33. The zero-order valence-corrected chi connectivity index (χ0v) is 17.5. The molecule has 7 nitrogen and oxygen atoms in total. The first-order valence-corrected chi connectivity index (χ1v) is 9.42. The van der Waals surface area contributed by atoms with Gasteiger partial charge in [0.2, 0.25) is 5.88 Å². The Morgan fingerprint density at radius 3 is 2.46 bits per heavy atom. The van der Waals surface area contributed by atoms with Gasteiger partial charge >= 0.3 is 0 Å². The molecule has 0 radical (unpaired) electrons. The van der Waals surface area contributed by atoms with Crippen molar-refractivity contribution in [1.82, 2.24) is 19.6 Å². The lowest BCUT2D eigenvalue weighted by molar-refractivity contribution is 0.126. The second-order valence-corrected chi connectivity index (χ2v) is 6.91. The summed E-state index contributed by atoms with van der Waals surface area (Å²) in [7, 11) is 3.67. The molecular weight excluding hydrogens is 378 g/mol. The van der Waals surface area contributed by atoms with E-state index in [0.29, 0.717) is 10.9 Å². The molecule has 0 saturated heterocycles. The zero-order chi connectivity index (χ0) is 20.3. The first-order valence-electron chi connectivity index (χ1n) is 9.04. The second-order valence-electron chi connectivity index (χ2n) is 6.54. The van der Waals surface area contributed by atoms with Gasteiger partial charge in [-0.15, -0.1) is 0 Å². The SMILES string of the molecule is CCc1nn(C)c(CO/N=C/c2c(C)nn(C)c2Oc2ccc(C)cc2)c1Cl. The maximum atomic E-state index is 6.33. The van der Waals surface area contributed by atoms with Gasteiger partial charge in [0.25, 0.3) is 0 Å². The number of halogens is 1. The Morgan fingerprint density at radius 2 is 1.82 bits per heavy atom. The summed E-state index contributed by atoms with van der Waals surface area (Å²) in [4.78, 5) is 5.46. The van der Waals surface area contributed by atoms with Gasteiger partial charge in [-0.25, -0.2) is 4.68 Å². The Morgan fingerprint density at radius 1 is 1.11 bits per heavy atom. The van der Waals surface area contributed by atoms with E-state index in [2.05, 4.69) is 15.4 Å². The van der Waals surface area contributed by atoms with Gasteiger partial charge in [0.1, 0.15) is 5.75 Å². The molecule has 2 heterocycles. The summed E-state index contributed by atoms with van der Waals surface area (Å²) in [6, 6.07) is 7.84. The zero-order valence-electron chi connectivity index (χ0n) is 16.7. The molecule has 28 heavy (non-hydrogen) atoms. The highest BCUT2D eigenvalue weighted by molar-refractivity contribution is 6.31. The maximum absolute atomic E-state index is 6.33. The van der Waals surface area contributed by atoms with Crippen molar-refractivity contribution in [3.05, 3.63) is 57.5 Å². The van der Waals surface area contributed by atoms with Gasteiger partial charge in [0, 0.05) is 14.1 Å². The van der Waals surface area contributed by atoms with Crippen molar-refractivity contribution >= 4 is 17.8 Å². The van der Waals surface area contributed by atoms with Gasteiger partial charge in [-0.05, 0) is 32.4 Å². The average molecular weight is 402 g/mol. The molecule has 148 valence electrons. The molecule has 1 aromatic carbocycles. The van der Waals surface area contributed by atoms with Gasteiger partial charge in [-0.1, -0.05) is 41.4 Å². The number of aryl methyl sites for hydroxylation is 5. The van der Waals surface area contributed by atoms with Crippen LogP contribution in [0.1, 0.15) is 35.1 Å². The van der Waals surface area contributed by atoms with Crippen molar-refractivity contribution < 1.29 is 9.57 Å². The smallest absolute Gasteiger partial charge is 0.226 e. The molecule has 0 aliphatic heterocycles. The minimum atomic E-state index is 0.228. The van der Waals surface area contributed by atoms with Crippen molar-refractivity contribution in [2.45, 2.75) is 33.8 Å². The standard InChI is InChI=1S/C20H24ClN5O2/c1-6-17-19(21)18(25(4)24-17)12-27-22-11-16-14(3)23-26(5)20(16)28-15-9-7-13(2)8-10-15/h7-11H,6,12H2,1-5H3/b22-11+. The lowest BCUT2D eigenvalue weighted by Gasteiger charge is -2.07. The van der Waals surface area contributed by atoms with Crippen molar-refractivity contribution in [3.8, 4) is 11.6 Å². The number of hydrogen-bond donors (Lipinski definition) is 0. The third kappa shape index (κ3) is 4.20. The van der Waals surface area contributed by atoms with Crippen LogP contribution in [0, 0.1) is 13.8 Å². The summed E-state index contributed by atoms with van der Waals surface area (Å²) < 4.78 is 9.41. The van der Waals surface area contributed by atoms with Crippen LogP contribution in [0.2, 0.25) is 5.02 Å². The predicted molar refractivity (Wildman–Crippen MR) is 109 cm³/mol. The Hall–Kier alpha value is -2.80. The summed E-state index contributed by atoms with van der Waals surface area (Å²) in [5.41, 5.74) is 4.36. The second kappa shape index (κ2) is 8.48. The molecule has 0 atom stereocenters. The molecule has 0 aliphatic rings. The van der Waals surface area contributed by atoms with Crippen molar-refractivity contribution in [3.63, 3.8) is 0 Å². The number of benzene rings is 1. The van der Waals surface area contributed by atoms with Crippen molar-refractivity contribution in [1.29, 1.82) is 0 Å². The lowest BCUT2D eigenvalue weighted by atomic mass is 10.2. The van der Waals surface area contributed by atoms with Gasteiger partial charge in [-0.2, -0.15) is 10.2 Å². The average Bonchev–Trinajstić information content (AvgIpc) is 3.09. The van der Waals surface area contributed by atoms with E-state index in [1.165, 1.54) is 5.56 Å². The summed E-state index contributed by atoms with van der Waals surface area (Å²) in [6.07, 6.45) is 2.38. The van der Waals surface area contributed by atoms with E-state index in [1.54, 1.807) is 15.6 Å². The summed E-state index contributed by atoms with van der Waals surface area (Å²) in [5, 5.41) is 13.5. The summed E-state index contributed by atoms with van der Waals surface area (Å²) in [6.45, 7) is 6.17. The maximum Gasteiger partial charge on any atom is 0.226 e. The van der Waals surface area contributed by atoms with Crippen LogP contribution in [0.4, 0.5) is 0 Å². The van der Waals surface area contributed by atoms with Crippen LogP contribution in [0.5, 0.6) is 11.6 Å². The topological polar surface area (TPSA) is 66.5 Å². The van der Waals surface area contributed by atoms with Crippen LogP contribution < -0.4 is 4.74 Å². The quantitative estimate of drug-likeness (QED) is 0.436. The fourth-order valence-corrected chi connectivity index (χ4v) is 3.15. The molecule has 0 bridgehead atoms. The highest BCUT2D eigenvalue weighted by Gasteiger charge is 2.15. The number of ether oxygens (including phenoxy) is 1. The van der Waals surface area contributed by atoms with E-state index in [0.717, 1.165) is 34.8 Å². The van der Waals surface area contributed by atoms with Crippen LogP contribution in [-0.2, 0) is 32.0 Å². The molecule has 0 aliphatic carbocycles. The molecule has 0 amide bonds. The summed E-state index contributed by atoms with van der Waals surface area (Å²) in [5.74, 6) is 1.33. The van der Waals surface area contributed by atoms with E-state index < -0.39 is 0 Å². The van der Waals surface area contributed by atoms with E-state index in [4.69, 9.17) is 21.2 Å². The number of hydrogen-bond acceptors (Lipinski definition) is 5. The third-order valence-electron chi connectivity index (χ3n) is 4.41. The molecule has 8 heteroatoms. The van der Waals surface area contributed by atoms with E-state index >= 15 is 0 Å². The fourth-order valence-electron chi connectivity index (χ4n) is 2.81. The minimum absolute atomic E-state index is 0.228. The van der Waals surface area contributed by atoms with Crippen LogP contribution in [0.25, 0.3) is 0 Å². The van der Waals surface area contributed by atoms with Crippen LogP contribution in [0.3, 0.4) is 0 Å². The Bertz CT molecular complexity index is 989. The molecule has 0 unspecified atom stereocenters. The highest BCUT2D eigenvalue weighted by Crippen LogP contribution is 2.26. The number of oxime groups is 1. The predicted octanol–water partition coefficient (Wildman–Crippen LogP) is 4.33. The third-order valence-corrected chi connectivity index (χ3v) is 4.85. The molecular formula is C20H24ClN5O2. The van der Waals surface area contributed by atoms with Gasteiger partial charge < -0.3 is 9.57 Å². The number of nitrogens with zero attached hydrogens (tertiary/aromatic N) is 5. The Kier molecular flexibility index (Phi) is 6.04. The van der Waals surface area contributed by atoms with E-state index in [-0.39, 0.29) is 6.61 Å². The number of rotatable bonds is 7. The van der Waals surface area contributed by atoms with Crippen LogP contribution in [-0.4, -0.2) is 25.8 Å². The molecule has 0 saturated carbocycles. The molecule has 0 fully saturated rings. The van der Waals surface area contributed by atoms with Crippen molar-refractivity contribution in [2.24, 2.45) is 19.3 Å². The molecule has 2 aromatic heterocycles. The normalized spacial score (nSPS) is 11.4. The molecule has 0 N–H and O–H groups in total. The van der Waals surface area contributed by atoms with Gasteiger partial charge in [0.05, 0.1) is 33.9 Å². The lowest BCUT2D eigenvalue weighted by Crippen LogP contribution is -2.00. The monoisotopic (exact) mass is 401 g/mol. The molecule has 3 rings (SSSR count). The molecule has 0 spiro atoms. The Balaban J connectivity index is 1.73. The highest BCUT2D eigenvalue weighted by atomic mass is 35.5. The first-order chi connectivity index (χ1) is 13.4. The van der Waals surface area contributed by atoms with Gasteiger partial charge in [-0.3, -0.25) is 4.68 Å². The van der Waals surface area contributed by atoms with Crippen LogP contribution in [0.15, 0.2) is 29.4 Å². The first kappa shape index (κ1) is 19.9. The number of aromatic nitrogens is 4. The molecule has 3 aromatic rings. The van der Waals surface area contributed by atoms with Crippen LogP contribution >= 0.6 is 11.6 Å². The fraction of sp³-hybridized carbons (Fsp3) is 0.350. The van der Waals surface area contributed by atoms with E-state index in [1.807, 2.05) is 59.1 Å². The largest absolute Gasteiger partial charge is 0.439 e. The Labute approximate surface area is 169 Å². The van der Waals surface area contributed by atoms with Gasteiger partial charge in [0.15, 0.2) is 6.61 Å².